The molecule has 0 aromatic rings. The molecule has 0 fully saturated rings. The lowest BCUT2D eigenvalue weighted by Crippen LogP contribution is -2.47. The molecule has 0 rings (SSSR count). The summed E-state index contributed by atoms with van der Waals surface area (Å²) in [7, 11) is 1.15. The van der Waals surface area contributed by atoms with Gasteiger partial charge in [-0.2, -0.15) is 0 Å². The van der Waals surface area contributed by atoms with Crippen LogP contribution in [0.3, 0.4) is 0 Å². The van der Waals surface area contributed by atoms with Crippen molar-refractivity contribution in [1.82, 2.24) is 5.32 Å². The number of quaternary nitrogens is 1. The molecule has 1 amide bonds. The lowest BCUT2D eigenvalue weighted by atomic mass is 10.0. The van der Waals surface area contributed by atoms with Crippen LogP contribution in [0.1, 0.15) is 258 Å². The number of nitrogens with one attached hydrogen (secondary N) is 1. The molecule has 1 N–H and O–H groups in total. The average molecular weight is 1060 g/mol. The number of ether oxygens (including phenoxy) is 1. The van der Waals surface area contributed by atoms with Gasteiger partial charge in [-0.25, -0.2) is 0 Å². The lowest BCUT2D eigenvalue weighted by Gasteiger charge is -2.30. The fourth-order valence-corrected chi connectivity index (χ4v) is 9.09. The molecule has 0 aromatic heterocycles. The maximum atomic E-state index is 13.5. The van der Waals surface area contributed by atoms with E-state index in [0.717, 1.165) is 89.9 Å². The van der Waals surface area contributed by atoms with Crippen molar-refractivity contribution >= 4 is 19.7 Å². The van der Waals surface area contributed by atoms with Gasteiger partial charge in [-0.3, -0.25) is 14.2 Å². The first kappa shape index (κ1) is 71.2. The van der Waals surface area contributed by atoms with Gasteiger partial charge in [-0.15, -0.1) is 0 Å². The zero-order chi connectivity index (χ0) is 54.3. The fraction of sp³-hybridized carbons (Fsp3) is 0.750. The van der Waals surface area contributed by atoms with Crippen molar-refractivity contribution in [3.8, 4) is 0 Å². The van der Waals surface area contributed by atoms with Crippen molar-refractivity contribution < 1.29 is 37.3 Å². The number of hydrogen-bond acceptors (Lipinski definition) is 7. The van der Waals surface area contributed by atoms with Gasteiger partial charge in [0.2, 0.25) is 5.91 Å². The lowest BCUT2D eigenvalue weighted by molar-refractivity contribution is -0.870. The number of unbranched alkanes of at least 4 members (excludes halogenated alkanes) is 26. The Morgan fingerprint density at radius 1 is 0.486 bits per heavy atom. The molecule has 0 aliphatic carbocycles. The van der Waals surface area contributed by atoms with Gasteiger partial charge in [-0.05, 0) is 102 Å². The van der Waals surface area contributed by atoms with Crippen LogP contribution >= 0.6 is 7.82 Å². The Bertz CT molecular complexity index is 1540. The second-order valence-electron chi connectivity index (χ2n) is 21.5. The van der Waals surface area contributed by atoms with Crippen LogP contribution in [-0.4, -0.2) is 69.4 Å². The number of amides is 1. The van der Waals surface area contributed by atoms with E-state index in [1.165, 1.54) is 128 Å². The Balaban J connectivity index is 5.26. The minimum atomic E-state index is -4.71. The van der Waals surface area contributed by atoms with Crippen LogP contribution in [0.5, 0.6) is 0 Å². The van der Waals surface area contributed by atoms with Crippen molar-refractivity contribution in [2.24, 2.45) is 0 Å². The smallest absolute Gasteiger partial charge is 0.306 e. The number of likely N-dealkylation sites (N-methyl/N-ethyl adjacent to an activating group) is 1. The van der Waals surface area contributed by atoms with Crippen LogP contribution in [0.2, 0.25) is 0 Å². The van der Waals surface area contributed by atoms with Crippen molar-refractivity contribution in [3.63, 3.8) is 0 Å². The standard InChI is InChI=1S/C64H115N2O7P/c1-7-10-13-16-19-22-25-27-29-31-32-33-34-35-37-39-42-45-48-51-54-57-64(68)73-62(55-52-49-46-43-40-24-21-18-15-12-9-3)61(60-72-74(69,70)71-59-58-66(4,5)6)65-63(67)56-53-50-47-44-41-38-36-30-28-26-23-20-17-14-11-8-2/h11,14,19-20,22-23,27-30,38,41,52,55,61-62H,7-10,12-13,15-18,21,24-26,31-37,39-40,42-51,53-54,56-60H2,1-6H3,(H-,65,67,69,70)/b14-11+,22-19-,23-20+,29-27-,30-28+,41-38+,55-52+. The number of nitrogens with zero attached hydrogens (tertiary/aromatic N) is 1. The summed E-state index contributed by atoms with van der Waals surface area (Å²) in [6.45, 7) is 6.67. The molecule has 0 aliphatic rings. The van der Waals surface area contributed by atoms with Crippen LogP contribution < -0.4 is 10.2 Å². The van der Waals surface area contributed by atoms with Crippen molar-refractivity contribution in [1.29, 1.82) is 0 Å². The van der Waals surface area contributed by atoms with E-state index in [1.54, 1.807) is 0 Å². The number of phosphoric ester groups is 1. The summed E-state index contributed by atoms with van der Waals surface area (Å²) in [6, 6.07) is -0.909. The third-order valence-electron chi connectivity index (χ3n) is 13.1. The Kier molecular flexibility index (Phi) is 51.5. The fourth-order valence-electron chi connectivity index (χ4n) is 8.37. The van der Waals surface area contributed by atoms with Crippen LogP contribution in [0.25, 0.3) is 0 Å². The predicted octanol–water partition coefficient (Wildman–Crippen LogP) is 18.0. The monoisotopic (exact) mass is 1050 g/mol. The molecule has 0 heterocycles. The van der Waals surface area contributed by atoms with Crippen molar-refractivity contribution in [3.05, 3.63) is 85.1 Å². The van der Waals surface area contributed by atoms with Crippen LogP contribution in [0, 0.1) is 0 Å². The molecule has 3 unspecified atom stereocenters. The van der Waals surface area contributed by atoms with E-state index in [2.05, 4.69) is 99.0 Å². The summed E-state index contributed by atoms with van der Waals surface area (Å²) in [5, 5.41) is 3.00. The van der Waals surface area contributed by atoms with E-state index >= 15 is 0 Å². The summed E-state index contributed by atoms with van der Waals surface area (Å²) in [5.41, 5.74) is 0. The molecular weight excluding hydrogens is 940 g/mol. The second-order valence-corrected chi connectivity index (χ2v) is 22.9. The van der Waals surface area contributed by atoms with E-state index in [9.17, 15) is 19.0 Å². The number of rotatable bonds is 54. The molecular formula is C64H115N2O7P. The van der Waals surface area contributed by atoms with Gasteiger partial charge in [0, 0.05) is 12.8 Å². The number of hydrogen-bond donors (Lipinski definition) is 1. The molecule has 9 nitrogen and oxygen atoms in total. The number of esters is 1. The molecule has 0 bridgehead atoms. The van der Waals surface area contributed by atoms with Gasteiger partial charge >= 0.3 is 5.97 Å². The summed E-state index contributed by atoms with van der Waals surface area (Å²) in [6.07, 6.45) is 69.8. The first-order valence-electron chi connectivity index (χ1n) is 30.4. The number of allylic oxidation sites excluding steroid dienone is 13. The number of carbonyl (C=O) groups excluding carboxylic acids is 2. The predicted molar refractivity (Wildman–Crippen MR) is 316 cm³/mol. The highest BCUT2D eigenvalue weighted by atomic mass is 31.2. The molecule has 74 heavy (non-hydrogen) atoms. The van der Waals surface area contributed by atoms with Gasteiger partial charge in [0.25, 0.3) is 7.82 Å². The molecule has 428 valence electrons. The Morgan fingerprint density at radius 3 is 1.34 bits per heavy atom. The third-order valence-corrected chi connectivity index (χ3v) is 14.0. The van der Waals surface area contributed by atoms with E-state index in [4.69, 9.17) is 13.8 Å². The van der Waals surface area contributed by atoms with E-state index in [0.29, 0.717) is 17.4 Å². The van der Waals surface area contributed by atoms with Gasteiger partial charge in [0.15, 0.2) is 0 Å². The first-order valence-corrected chi connectivity index (χ1v) is 31.9. The molecule has 0 saturated heterocycles. The van der Waals surface area contributed by atoms with Gasteiger partial charge in [-0.1, -0.05) is 228 Å². The minimum absolute atomic E-state index is 0.0322. The molecule has 0 aromatic carbocycles. The number of phosphoric acid groups is 1. The molecule has 10 heteroatoms. The van der Waals surface area contributed by atoms with Gasteiger partial charge in [0.05, 0.1) is 33.8 Å². The summed E-state index contributed by atoms with van der Waals surface area (Å²) in [4.78, 5) is 39.9. The minimum Gasteiger partial charge on any atom is -0.756 e. The second kappa shape index (κ2) is 53.6. The van der Waals surface area contributed by atoms with Crippen LogP contribution in [0.15, 0.2) is 85.1 Å². The highest BCUT2D eigenvalue weighted by Gasteiger charge is 2.27. The SMILES string of the molecule is CC/C=C/C/C=C/C/C=C/C/C=C/CCCCCC(=O)NC(COP(=O)([O-])OCC[N+](C)(C)C)C(/C=C/CCCCCCCCCCC)OC(=O)CCCCCCCCCCCCC/C=C\C/C=C\CCCCC. The largest absolute Gasteiger partial charge is 0.756 e. The molecule has 3 atom stereocenters. The zero-order valence-corrected chi connectivity index (χ0v) is 49.7. The highest BCUT2D eigenvalue weighted by molar-refractivity contribution is 7.45. The normalized spacial score (nSPS) is 14.3. The van der Waals surface area contributed by atoms with Gasteiger partial charge < -0.3 is 28.5 Å². The highest BCUT2D eigenvalue weighted by Crippen LogP contribution is 2.38. The van der Waals surface area contributed by atoms with E-state index < -0.39 is 26.6 Å². The van der Waals surface area contributed by atoms with Crippen LogP contribution in [-0.2, 0) is 27.9 Å². The maximum absolute atomic E-state index is 13.5. The molecule has 0 radical (unpaired) electrons. The molecule has 0 spiro atoms. The van der Waals surface area contributed by atoms with Crippen LogP contribution in [0.4, 0.5) is 0 Å². The third kappa shape index (κ3) is 54.0. The Labute approximate surface area is 456 Å². The van der Waals surface area contributed by atoms with Gasteiger partial charge in [0.1, 0.15) is 19.3 Å². The summed E-state index contributed by atoms with van der Waals surface area (Å²) < 4.78 is 30.2. The topological polar surface area (TPSA) is 114 Å². The molecule has 0 aliphatic heterocycles. The number of carbonyl (C=O) groups is 2. The average Bonchev–Trinajstić information content (AvgIpc) is 3.36. The first-order chi connectivity index (χ1) is 35.9. The van der Waals surface area contributed by atoms with Crippen molar-refractivity contribution in [2.45, 2.75) is 270 Å². The van der Waals surface area contributed by atoms with Crippen molar-refractivity contribution in [2.75, 3.05) is 40.9 Å². The summed E-state index contributed by atoms with van der Waals surface area (Å²) >= 11 is 0. The van der Waals surface area contributed by atoms with E-state index in [-0.39, 0.29) is 31.3 Å². The maximum Gasteiger partial charge on any atom is 0.306 e. The molecule has 0 saturated carbocycles. The van der Waals surface area contributed by atoms with E-state index in [1.807, 2.05) is 33.3 Å². The zero-order valence-electron chi connectivity index (χ0n) is 48.8. The quantitative estimate of drug-likeness (QED) is 0.0212. The Morgan fingerprint density at radius 2 is 0.865 bits per heavy atom. The summed E-state index contributed by atoms with van der Waals surface area (Å²) in [5.74, 6) is -0.581. The Hall–Kier alpha value is -2.81.